The summed E-state index contributed by atoms with van der Waals surface area (Å²) in [6.45, 7) is 4.69. The van der Waals surface area contributed by atoms with Gasteiger partial charge in [0.15, 0.2) is 0 Å². The fourth-order valence-electron chi connectivity index (χ4n) is 1.27. The average molecular weight is 279 g/mol. The molecule has 6 heteroatoms. The molecule has 0 unspecified atom stereocenters. The van der Waals surface area contributed by atoms with Gasteiger partial charge in [-0.05, 0) is 12.8 Å². The molecule has 0 aliphatic heterocycles. The monoisotopic (exact) mass is 279 g/mol. The number of aliphatic carboxylic acids is 1. The van der Waals surface area contributed by atoms with Gasteiger partial charge in [0, 0.05) is 24.0 Å². The van der Waals surface area contributed by atoms with Crippen LogP contribution < -0.4 is 5.32 Å². The van der Waals surface area contributed by atoms with E-state index in [0.717, 1.165) is 18.6 Å². The Morgan fingerprint density at radius 2 is 1.76 bits per heavy atom. The number of hydrogen-bond donors (Lipinski definition) is 2. The van der Waals surface area contributed by atoms with Gasteiger partial charge in [-0.1, -0.05) is 35.4 Å². The Kier molecular flexibility index (Phi) is 10.5. The van der Waals surface area contributed by atoms with Crippen LogP contribution >= 0.6 is 21.6 Å². The van der Waals surface area contributed by atoms with Crippen molar-refractivity contribution in [2.24, 2.45) is 5.92 Å². The number of amides is 1. The number of rotatable bonds is 10. The summed E-state index contributed by atoms with van der Waals surface area (Å²) in [5.41, 5.74) is 0. The van der Waals surface area contributed by atoms with E-state index in [1.807, 2.05) is 13.8 Å². The van der Waals surface area contributed by atoms with Crippen LogP contribution in [-0.2, 0) is 9.59 Å². The quantitative estimate of drug-likeness (QED) is 0.475. The van der Waals surface area contributed by atoms with Crippen molar-refractivity contribution in [3.63, 3.8) is 0 Å². The largest absolute Gasteiger partial charge is 0.481 e. The number of carboxylic acids is 1. The lowest BCUT2D eigenvalue weighted by Gasteiger charge is -2.12. The maximum atomic E-state index is 11.6. The lowest BCUT2D eigenvalue weighted by molar-refractivity contribution is -0.136. The first kappa shape index (κ1) is 16.6. The maximum Gasteiger partial charge on any atom is 0.304 e. The van der Waals surface area contributed by atoms with Gasteiger partial charge in [0.05, 0.1) is 6.42 Å². The van der Waals surface area contributed by atoms with Crippen molar-refractivity contribution in [3.8, 4) is 0 Å². The molecule has 0 saturated heterocycles. The van der Waals surface area contributed by atoms with Gasteiger partial charge < -0.3 is 10.4 Å². The second-order valence-electron chi connectivity index (χ2n) is 3.59. The third-order valence-electron chi connectivity index (χ3n) is 2.32. The second-order valence-corrected chi connectivity index (χ2v) is 6.29. The highest BCUT2D eigenvalue weighted by Gasteiger charge is 2.12. The highest BCUT2D eigenvalue weighted by Crippen LogP contribution is 2.21. The van der Waals surface area contributed by atoms with E-state index in [4.69, 9.17) is 5.11 Å². The first-order valence-electron chi connectivity index (χ1n) is 5.85. The average Bonchev–Trinajstić information content (AvgIpc) is 2.29. The van der Waals surface area contributed by atoms with E-state index in [2.05, 4.69) is 5.32 Å². The van der Waals surface area contributed by atoms with Crippen LogP contribution in [0.15, 0.2) is 0 Å². The van der Waals surface area contributed by atoms with Crippen LogP contribution in [-0.4, -0.2) is 35.0 Å². The molecule has 4 nitrogen and oxygen atoms in total. The first-order valence-corrected chi connectivity index (χ1v) is 8.34. The van der Waals surface area contributed by atoms with E-state index in [-0.39, 0.29) is 18.2 Å². The zero-order chi connectivity index (χ0) is 13.1. The van der Waals surface area contributed by atoms with Crippen LogP contribution in [0.4, 0.5) is 0 Å². The SMILES string of the molecule is CCC(CC)C(=O)NCCSSCCC(=O)O. The van der Waals surface area contributed by atoms with Crippen LogP contribution in [0.2, 0.25) is 0 Å². The molecular formula is C11H21NO3S2. The third kappa shape index (κ3) is 9.35. The summed E-state index contributed by atoms with van der Waals surface area (Å²) < 4.78 is 0. The number of carbonyl (C=O) groups excluding carboxylic acids is 1. The number of nitrogens with one attached hydrogen (secondary N) is 1. The summed E-state index contributed by atoms with van der Waals surface area (Å²) >= 11 is 0. The molecule has 0 bridgehead atoms. The summed E-state index contributed by atoms with van der Waals surface area (Å²) in [6.07, 6.45) is 1.95. The molecule has 0 radical (unpaired) electrons. The van der Waals surface area contributed by atoms with Gasteiger partial charge in [-0.25, -0.2) is 0 Å². The number of carboxylic acid groups (broad SMARTS) is 1. The molecule has 17 heavy (non-hydrogen) atoms. The summed E-state index contributed by atoms with van der Waals surface area (Å²) in [6, 6.07) is 0. The van der Waals surface area contributed by atoms with Crippen molar-refractivity contribution >= 4 is 33.5 Å². The predicted molar refractivity (Wildman–Crippen MR) is 74.3 cm³/mol. The van der Waals surface area contributed by atoms with Crippen molar-refractivity contribution < 1.29 is 14.7 Å². The van der Waals surface area contributed by atoms with Crippen molar-refractivity contribution in [2.75, 3.05) is 18.1 Å². The van der Waals surface area contributed by atoms with E-state index in [0.29, 0.717) is 12.3 Å². The summed E-state index contributed by atoms with van der Waals surface area (Å²) in [5.74, 6) is 0.919. The Balaban J connectivity index is 3.39. The lowest BCUT2D eigenvalue weighted by atomic mass is 10.0. The maximum absolute atomic E-state index is 11.6. The highest BCUT2D eigenvalue weighted by atomic mass is 33.1. The Bertz CT molecular complexity index is 233. The molecule has 0 fully saturated rings. The standard InChI is InChI=1S/C11H21NO3S2/c1-3-9(4-2)11(15)12-6-8-17-16-7-5-10(13)14/h9H,3-8H2,1-2H3,(H,12,15)(H,13,14). The van der Waals surface area contributed by atoms with E-state index in [1.165, 1.54) is 10.8 Å². The molecule has 0 saturated carbocycles. The smallest absolute Gasteiger partial charge is 0.304 e. The first-order chi connectivity index (χ1) is 8.11. The van der Waals surface area contributed by atoms with E-state index < -0.39 is 5.97 Å². The van der Waals surface area contributed by atoms with Gasteiger partial charge >= 0.3 is 5.97 Å². The minimum atomic E-state index is -0.764. The summed E-state index contributed by atoms with van der Waals surface area (Å²) in [4.78, 5) is 21.8. The van der Waals surface area contributed by atoms with Crippen molar-refractivity contribution in [2.45, 2.75) is 33.1 Å². The van der Waals surface area contributed by atoms with Crippen LogP contribution in [0.25, 0.3) is 0 Å². The van der Waals surface area contributed by atoms with Crippen molar-refractivity contribution in [1.29, 1.82) is 0 Å². The highest BCUT2D eigenvalue weighted by molar-refractivity contribution is 8.76. The van der Waals surface area contributed by atoms with Crippen molar-refractivity contribution in [3.05, 3.63) is 0 Å². The van der Waals surface area contributed by atoms with Crippen LogP contribution in [0.5, 0.6) is 0 Å². The minimum Gasteiger partial charge on any atom is -0.481 e. The molecule has 0 aliphatic rings. The van der Waals surface area contributed by atoms with Gasteiger partial charge in [-0.2, -0.15) is 0 Å². The molecule has 0 atom stereocenters. The van der Waals surface area contributed by atoms with Gasteiger partial charge in [0.1, 0.15) is 0 Å². The second kappa shape index (κ2) is 10.8. The van der Waals surface area contributed by atoms with E-state index in [1.54, 1.807) is 10.8 Å². The summed E-state index contributed by atoms with van der Waals surface area (Å²) in [5, 5.41) is 11.3. The molecule has 0 rings (SSSR count). The molecule has 0 aromatic carbocycles. The Labute approximate surface area is 111 Å². The summed E-state index contributed by atoms with van der Waals surface area (Å²) in [7, 11) is 3.14. The molecular weight excluding hydrogens is 258 g/mol. The molecule has 100 valence electrons. The Hall–Kier alpha value is -0.360. The lowest BCUT2D eigenvalue weighted by Crippen LogP contribution is -2.31. The molecule has 2 N–H and O–H groups in total. The molecule has 0 aromatic rings. The zero-order valence-electron chi connectivity index (χ0n) is 10.4. The molecule has 0 spiro atoms. The van der Waals surface area contributed by atoms with Crippen LogP contribution in [0.3, 0.4) is 0 Å². The Morgan fingerprint density at radius 1 is 1.18 bits per heavy atom. The van der Waals surface area contributed by atoms with Crippen molar-refractivity contribution in [1.82, 2.24) is 5.32 Å². The molecule has 0 aromatic heterocycles. The van der Waals surface area contributed by atoms with E-state index >= 15 is 0 Å². The minimum absolute atomic E-state index is 0.125. The third-order valence-corrected chi connectivity index (χ3v) is 4.73. The predicted octanol–water partition coefficient (Wildman–Crippen LogP) is 2.39. The zero-order valence-corrected chi connectivity index (χ0v) is 12.0. The molecule has 0 aliphatic carbocycles. The topological polar surface area (TPSA) is 66.4 Å². The number of hydrogen-bond acceptors (Lipinski definition) is 4. The normalized spacial score (nSPS) is 10.5. The van der Waals surface area contributed by atoms with Gasteiger partial charge in [-0.15, -0.1) is 0 Å². The fourth-order valence-corrected chi connectivity index (χ4v) is 3.15. The van der Waals surface area contributed by atoms with Crippen LogP contribution in [0.1, 0.15) is 33.1 Å². The van der Waals surface area contributed by atoms with Gasteiger partial charge in [0.2, 0.25) is 5.91 Å². The fraction of sp³-hybridized carbons (Fsp3) is 0.818. The van der Waals surface area contributed by atoms with Gasteiger partial charge in [0.25, 0.3) is 0 Å². The number of carbonyl (C=O) groups is 2. The van der Waals surface area contributed by atoms with E-state index in [9.17, 15) is 9.59 Å². The van der Waals surface area contributed by atoms with Crippen LogP contribution in [0, 0.1) is 5.92 Å². The molecule has 1 amide bonds. The van der Waals surface area contributed by atoms with Gasteiger partial charge in [-0.3, -0.25) is 9.59 Å². The Morgan fingerprint density at radius 3 is 2.29 bits per heavy atom. The molecule has 0 heterocycles.